The third kappa shape index (κ3) is 5.98. The summed E-state index contributed by atoms with van der Waals surface area (Å²) >= 11 is 1.23. The number of pyridine rings is 1. The average Bonchev–Trinajstić information content (AvgIpc) is 3.06. The molecule has 0 radical (unpaired) electrons. The molecule has 2 N–H and O–H groups in total. The summed E-state index contributed by atoms with van der Waals surface area (Å²) in [6.07, 6.45) is 5.58. The van der Waals surface area contributed by atoms with Crippen LogP contribution in [0.15, 0.2) is 24.4 Å². The molecule has 3 rings (SSSR count). The van der Waals surface area contributed by atoms with Gasteiger partial charge in [-0.2, -0.15) is 0 Å². The Balaban J connectivity index is 1.62. The van der Waals surface area contributed by atoms with Gasteiger partial charge in [-0.15, -0.1) is 11.3 Å². The van der Waals surface area contributed by atoms with Crippen molar-refractivity contribution >= 4 is 23.0 Å². The number of thiophene rings is 1. The number of carboxylic acids is 1. The number of aryl methyl sites for hydroxylation is 1. The molecule has 5 nitrogen and oxygen atoms in total. The SMILES string of the molecule is Cc1cccnc1OC1CCC(Nc2cc(C#CC(C)(C)C)sc2C(=O)O)CC1. The van der Waals surface area contributed by atoms with E-state index in [1.165, 1.54) is 11.3 Å². The first kappa shape index (κ1) is 21.2. The first-order valence-electron chi connectivity index (χ1n) is 9.96. The molecular weight excluding hydrogens is 384 g/mol. The van der Waals surface area contributed by atoms with Crippen molar-refractivity contribution in [1.29, 1.82) is 0 Å². The van der Waals surface area contributed by atoms with E-state index >= 15 is 0 Å². The maximum atomic E-state index is 11.7. The summed E-state index contributed by atoms with van der Waals surface area (Å²) in [6, 6.07) is 6.01. The molecule has 1 saturated carbocycles. The molecule has 0 unspecified atom stereocenters. The summed E-state index contributed by atoms with van der Waals surface area (Å²) in [5.74, 6) is 6.08. The molecule has 29 heavy (non-hydrogen) atoms. The Bertz CT molecular complexity index is 926. The Labute approximate surface area is 176 Å². The maximum absolute atomic E-state index is 11.7. The molecule has 1 aliphatic rings. The molecule has 0 aliphatic heterocycles. The quantitative estimate of drug-likeness (QED) is 0.648. The Morgan fingerprint density at radius 2 is 2.03 bits per heavy atom. The van der Waals surface area contributed by atoms with Crippen molar-refractivity contribution < 1.29 is 14.6 Å². The van der Waals surface area contributed by atoms with E-state index in [0.29, 0.717) is 16.4 Å². The Morgan fingerprint density at radius 1 is 1.31 bits per heavy atom. The Morgan fingerprint density at radius 3 is 2.66 bits per heavy atom. The molecule has 0 amide bonds. The lowest BCUT2D eigenvalue weighted by Gasteiger charge is -2.30. The lowest BCUT2D eigenvalue weighted by Crippen LogP contribution is -2.31. The van der Waals surface area contributed by atoms with Gasteiger partial charge in [0.1, 0.15) is 11.0 Å². The van der Waals surface area contributed by atoms with Gasteiger partial charge in [0.2, 0.25) is 5.88 Å². The van der Waals surface area contributed by atoms with Crippen molar-refractivity contribution in [2.45, 2.75) is 65.5 Å². The van der Waals surface area contributed by atoms with E-state index in [1.807, 2.05) is 45.9 Å². The van der Waals surface area contributed by atoms with E-state index < -0.39 is 5.97 Å². The van der Waals surface area contributed by atoms with E-state index in [9.17, 15) is 9.90 Å². The van der Waals surface area contributed by atoms with Crippen LogP contribution in [0.25, 0.3) is 0 Å². The zero-order valence-corrected chi connectivity index (χ0v) is 18.2. The van der Waals surface area contributed by atoms with Crippen molar-refractivity contribution in [2.75, 3.05) is 5.32 Å². The summed E-state index contributed by atoms with van der Waals surface area (Å²) in [5, 5.41) is 13.0. The second kappa shape index (κ2) is 8.87. The highest BCUT2D eigenvalue weighted by atomic mass is 32.1. The minimum atomic E-state index is -0.913. The van der Waals surface area contributed by atoms with E-state index in [1.54, 1.807) is 6.20 Å². The van der Waals surface area contributed by atoms with Crippen LogP contribution >= 0.6 is 11.3 Å². The average molecular weight is 413 g/mol. The lowest BCUT2D eigenvalue weighted by atomic mass is 9.92. The molecule has 2 heterocycles. The number of anilines is 1. The lowest BCUT2D eigenvalue weighted by molar-refractivity contribution is 0.0703. The van der Waals surface area contributed by atoms with Crippen molar-refractivity contribution in [3.8, 4) is 17.7 Å². The molecule has 2 aromatic rings. The van der Waals surface area contributed by atoms with Gasteiger partial charge in [-0.1, -0.05) is 17.9 Å². The van der Waals surface area contributed by atoms with Gasteiger partial charge in [0, 0.05) is 23.2 Å². The highest BCUT2D eigenvalue weighted by molar-refractivity contribution is 7.15. The van der Waals surface area contributed by atoms with Gasteiger partial charge in [-0.05, 0) is 65.5 Å². The molecule has 2 aromatic heterocycles. The second-order valence-corrected chi connectivity index (χ2v) is 9.57. The number of carbonyl (C=O) groups is 1. The molecule has 1 fully saturated rings. The number of aromatic nitrogens is 1. The number of ether oxygens (including phenoxy) is 1. The van der Waals surface area contributed by atoms with Crippen LogP contribution in [-0.2, 0) is 0 Å². The molecule has 1 aliphatic carbocycles. The third-order valence-corrected chi connectivity index (χ3v) is 5.80. The van der Waals surface area contributed by atoms with Gasteiger partial charge >= 0.3 is 5.97 Å². The minimum absolute atomic E-state index is 0.120. The molecule has 0 bridgehead atoms. The number of hydrogen-bond donors (Lipinski definition) is 2. The predicted octanol–water partition coefficient (Wildman–Crippen LogP) is 5.35. The summed E-state index contributed by atoms with van der Waals surface area (Å²) < 4.78 is 6.07. The molecule has 0 saturated heterocycles. The minimum Gasteiger partial charge on any atom is -0.477 e. The first-order valence-corrected chi connectivity index (χ1v) is 10.8. The monoisotopic (exact) mass is 412 g/mol. The van der Waals surface area contributed by atoms with Crippen molar-refractivity contribution in [1.82, 2.24) is 4.98 Å². The number of nitrogens with one attached hydrogen (secondary N) is 1. The van der Waals surface area contributed by atoms with Gasteiger partial charge in [-0.25, -0.2) is 9.78 Å². The van der Waals surface area contributed by atoms with Gasteiger partial charge in [0.15, 0.2) is 0 Å². The molecule has 0 atom stereocenters. The van der Waals surface area contributed by atoms with Crippen LogP contribution in [0.1, 0.15) is 66.6 Å². The topological polar surface area (TPSA) is 71.5 Å². The fraction of sp³-hybridized carbons (Fsp3) is 0.478. The van der Waals surface area contributed by atoms with Gasteiger partial charge in [-0.3, -0.25) is 0 Å². The van der Waals surface area contributed by atoms with E-state index in [0.717, 1.165) is 36.1 Å². The zero-order chi connectivity index (χ0) is 21.0. The summed E-state index contributed by atoms with van der Waals surface area (Å²) in [4.78, 5) is 17.1. The molecular formula is C23H28N2O3S. The Hall–Kier alpha value is -2.52. The normalized spacial score (nSPS) is 19.2. The molecule has 0 aromatic carbocycles. The van der Waals surface area contributed by atoms with Crippen molar-refractivity contribution in [3.63, 3.8) is 0 Å². The smallest absolute Gasteiger partial charge is 0.348 e. The van der Waals surface area contributed by atoms with Crippen LogP contribution in [0.5, 0.6) is 5.88 Å². The molecule has 0 spiro atoms. The van der Waals surface area contributed by atoms with Crippen LogP contribution in [-0.4, -0.2) is 28.2 Å². The van der Waals surface area contributed by atoms with Crippen LogP contribution in [0.2, 0.25) is 0 Å². The first-order chi connectivity index (χ1) is 13.7. The zero-order valence-electron chi connectivity index (χ0n) is 17.4. The highest BCUT2D eigenvalue weighted by Crippen LogP contribution is 2.31. The number of aromatic carboxylic acids is 1. The van der Waals surface area contributed by atoms with Crippen LogP contribution in [0.3, 0.4) is 0 Å². The van der Waals surface area contributed by atoms with Crippen molar-refractivity contribution in [2.24, 2.45) is 5.41 Å². The fourth-order valence-electron chi connectivity index (χ4n) is 3.27. The summed E-state index contributed by atoms with van der Waals surface area (Å²) in [6.45, 7) is 8.12. The van der Waals surface area contributed by atoms with Crippen LogP contribution in [0, 0.1) is 24.2 Å². The molecule has 6 heteroatoms. The largest absolute Gasteiger partial charge is 0.477 e. The van der Waals surface area contributed by atoms with Gasteiger partial charge < -0.3 is 15.2 Å². The number of hydrogen-bond acceptors (Lipinski definition) is 5. The van der Waals surface area contributed by atoms with Crippen LogP contribution < -0.4 is 10.1 Å². The number of rotatable bonds is 5. The standard InChI is InChI=1S/C23H28N2O3S/c1-15-6-5-13-24-21(15)28-17-9-7-16(8-10-17)25-19-14-18(11-12-23(2,3)4)29-20(19)22(26)27/h5-6,13-14,16-17,25H,7-10H2,1-4H3,(H,26,27). The van der Waals surface area contributed by atoms with E-state index in [4.69, 9.17) is 4.74 Å². The van der Waals surface area contributed by atoms with Gasteiger partial charge in [0.25, 0.3) is 0 Å². The highest BCUT2D eigenvalue weighted by Gasteiger charge is 2.25. The fourth-order valence-corrected chi connectivity index (χ4v) is 4.08. The second-order valence-electron chi connectivity index (χ2n) is 8.52. The summed E-state index contributed by atoms with van der Waals surface area (Å²) in [7, 11) is 0. The van der Waals surface area contributed by atoms with Gasteiger partial charge in [0.05, 0.1) is 10.6 Å². The molecule has 154 valence electrons. The number of carboxylic acid groups (broad SMARTS) is 1. The predicted molar refractivity (Wildman–Crippen MR) is 117 cm³/mol. The van der Waals surface area contributed by atoms with Crippen LogP contribution in [0.4, 0.5) is 5.69 Å². The van der Waals surface area contributed by atoms with Crippen molar-refractivity contribution in [3.05, 3.63) is 39.7 Å². The Kier molecular flexibility index (Phi) is 6.49. The number of nitrogens with zero attached hydrogens (tertiary/aromatic N) is 1. The van der Waals surface area contributed by atoms with E-state index in [-0.39, 0.29) is 17.6 Å². The van der Waals surface area contributed by atoms with E-state index in [2.05, 4.69) is 22.1 Å². The third-order valence-electron chi connectivity index (χ3n) is 4.76. The summed E-state index contributed by atoms with van der Waals surface area (Å²) in [5.41, 5.74) is 1.59. The maximum Gasteiger partial charge on any atom is 0.348 e.